The van der Waals surface area contributed by atoms with Gasteiger partial charge in [-0.05, 0) is 0 Å². The molecule has 0 rings (SSSR count). The van der Waals surface area contributed by atoms with E-state index in [2.05, 4.69) is 26.6 Å². The van der Waals surface area contributed by atoms with Crippen LogP contribution in [0, 0.1) is 31.1 Å². The Kier molecular flexibility index (Phi) is 101. The van der Waals surface area contributed by atoms with Crippen molar-refractivity contribution in [2.24, 2.45) is 0 Å². The number of rotatable bonds is 10. The Morgan fingerprint density at radius 2 is 0.346 bits per heavy atom. The van der Waals surface area contributed by atoms with Gasteiger partial charge in [-0.1, -0.05) is 69.2 Å². The van der Waals surface area contributed by atoms with E-state index in [4.69, 9.17) is 0 Å². The molecule has 0 aliphatic carbocycles. The third kappa shape index (κ3) is 120. The topological polar surface area (TPSA) is 70.5 Å². The molecule has 0 fully saturated rings. The predicted octanol–water partition coefficient (Wildman–Crippen LogP) is 7.00. The Bertz CT molecular complexity index is 96.5. The molecule has 0 saturated carbocycles. The molecule has 0 saturated heterocycles. The van der Waals surface area contributed by atoms with Gasteiger partial charge in [0.15, 0.2) is 0 Å². The van der Waals surface area contributed by atoms with E-state index in [0.29, 0.717) is 0 Å². The van der Waals surface area contributed by atoms with Crippen LogP contribution in [0.1, 0.15) is 69.2 Å². The van der Waals surface area contributed by atoms with Gasteiger partial charge in [-0.2, -0.15) is 65.4 Å². The molecule has 0 radical (unpaired) electrons. The third-order valence-corrected chi connectivity index (χ3v) is 2.24. The molecule has 0 atom stereocenters. The Labute approximate surface area is 191 Å². The van der Waals surface area contributed by atoms with Crippen LogP contribution >= 0.6 is 0 Å². The van der Waals surface area contributed by atoms with Gasteiger partial charge in [-0.15, -0.1) is 0 Å². The van der Waals surface area contributed by atoms with Gasteiger partial charge in [-0.25, -0.2) is 0 Å². The Morgan fingerprint density at radius 3 is 0.346 bits per heavy atom. The van der Waals surface area contributed by atoms with Crippen molar-refractivity contribution in [3.05, 3.63) is 26.6 Å². The first-order chi connectivity index (χ1) is 12.1. The molecule has 0 aliphatic heterocycles. The van der Waals surface area contributed by atoms with E-state index in [1.54, 1.807) is 0 Å². The van der Waals surface area contributed by atoms with Crippen molar-refractivity contribution in [3.63, 3.8) is 0 Å². The molecule has 6 heteroatoms. The van der Waals surface area contributed by atoms with E-state index in [1.165, 1.54) is 0 Å². The second-order valence-corrected chi connectivity index (χ2v) is 4.28. The molecule has 0 aliphatic rings. The first-order valence-corrected chi connectivity index (χ1v) is 10.2. The van der Waals surface area contributed by atoms with Crippen molar-refractivity contribution in [2.75, 3.05) is 65.4 Å². The summed E-state index contributed by atoms with van der Waals surface area (Å²) in [4.78, 5) is 0. The van der Waals surface area contributed by atoms with Crippen molar-refractivity contribution in [3.8, 4) is 0 Å². The van der Waals surface area contributed by atoms with Gasteiger partial charge in [-0.3, -0.25) is 0 Å². The summed E-state index contributed by atoms with van der Waals surface area (Å²) in [6.07, 6.45) is 0. The molecule has 0 spiro atoms. The smallest absolute Gasteiger partial charge is 0 e. The Hall–Kier alpha value is 0.852. The zero-order valence-corrected chi connectivity index (χ0v) is 24.0. The van der Waals surface area contributed by atoms with Gasteiger partial charge in [0.05, 0.1) is 0 Å². The Balaban J connectivity index is -0.0000000476. The molecular formula is C20H50N5U-5. The fourth-order valence-electron chi connectivity index (χ4n) is 1.12. The van der Waals surface area contributed by atoms with E-state index in [0.717, 1.165) is 65.4 Å². The average molecular weight is 599 g/mol. The standard InChI is InChI=1S/5C4H10N.U/c5*1-3-5-4-2;/h5*3-4H2,1-2H3;/q5*-1;. The summed E-state index contributed by atoms with van der Waals surface area (Å²) >= 11 is 0. The second kappa shape index (κ2) is 63.5. The molecule has 5 nitrogen and oxygen atoms in total. The SMILES string of the molecule is CC[N-]CC.CC[N-]CC.CC[N-]CC.CC[N-]CC.CC[N-]CC.[U]. The molecule has 0 aromatic carbocycles. The molecule has 164 valence electrons. The largest absolute Gasteiger partial charge is 0.663 e. The van der Waals surface area contributed by atoms with Crippen molar-refractivity contribution in [1.82, 2.24) is 0 Å². The van der Waals surface area contributed by atoms with Crippen LogP contribution in [0.3, 0.4) is 0 Å². The van der Waals surface area contributed by atoms with E-state index < -0.39 is 0 Å². The number of nitrogens with zero attached hydrogens (tertiary/aromatic N) is 5. The molecule has 0 bridgehead atoms. The summed E-state index contributed by atoms with van der Waals surface area (Å²) in [6, 6.07) is 0. The molecule has 0 aromatic rings. The van der Waals surface area contributed by atoms with Crippen LogP contribution in [0.5, 0.6) is 0 Å². The van der Waals surface area contributed by atoms with Gasteiger partial charge < -0.3 is 26.6 Å². The normalized spacial score (nSPS) is 8.08. The molecule has 0 unspecified atom stereocenters. The quantitative estimate of drug-likeness (QED) is 0.260. The summed E-state index contributed by atoms with van der Waals surface area (Å²) in [6.45, 7) is 30.1. The molecular weight excluding hydrogens is 548 g/mol. The van der Waals surface area contributed by atoms with Crippen LogP contribution in [-0.4, -0.2) is 65.4 Å². The fourth-order valence-corrected chi connectivity index (χ4v) is 1.12. The summed E-state index contributed by atoms with van der Waals surface area (Å²) in [5.74, 6) is 0. The van der Waals surface area contributed by atoms with Crippen LogP contribution in [0.2, 0.25) is 0 Å². The van der Waals surface area contributed by atoms with E-state index in [9.17, 15) is 0 Å². The van der Waals surface area contributed by atoms with Crippen LogP contribution in [-0.2, 0) is 0 Å². The van der Waals surface area contributed by atoms with Gasteiger partial charge >= 0.3 is 0 Å². The van der Waals surface area contributed by atoms with Gasteiger partial charge in [0, 0.05) is 31.1 Å². The minimum absolute atomic E-state index is 0. The second-order valence-electron chi connectivity index (χ2n) is 4.28. The maximum Gasteiger partial charge on any atom is 0 e. The van der Waals surface area contributed by atoms with Gasteiger partial charge in [0.25, 0.3) is 0 Å². The van der Waals surface area contributed by atoms with Gasteiger partial charge in [0.1, 0.15) is 0 Å². The van der Waals surface area contributed by atoms with E-state index in [1.807, 2.05) is 69.2 Å². The maximum atomic E-state index is 3.97. The first-order valence-electron chi connectivity index (χ1n) is 10.2. The molecule has 0 N–H and O–H groups in total. The maximum absolute atomic E-state index is 3.97. The van der Waals surface area contributed by atoms with E-state index in [-0.39, 0.29) is 31.1 Å². The third-order valence-electron chi connectivity index (χ3n) is 2.24. The van der Waals surface area contributed by atoms with E-state index >= 15 is 0 Å². The van der Waals surface area contributed by atoms with Crippen molar-refractivity contribution >= 4 is 0 Å². The van der Waals surface area contributed by atoms with Crippen molar-refractivity contribution in [2.45, 2.75) is 69.2 Å². The predicted molar refractivity (Wildman–Crippen MR) is 122 cm³/mol. The van der Waals surface area contributed by atoms with Crippen LogP contribution in [0.15, 0.2) is 0 Å². The van der Waals surface area contributed by atoms with Crippen LogP contribution in [0.4, 0.5) is 0 Å². The average Bonchev–Trinajstić information content (AvgIpc) is 2.61. The zero-order valence-electron chi connectivity index (χ0n) is 19.8. The minimum atomic E-state index is 0. The Morgan fingerprint density at radius 1 is 0.269 bits per heavy atom. The van der Waals surface area contributed by atoms with Crippen LogP contribution in [0.25, 0.3) is 26.6 Å². The summed E-state index contributed by atoms with van der Waals surface area (Å²) < 4.78 is 0. The summed E-state index contributed by atoms with van der Waals surface area (Å²) in [5, 5.41) is 19.9. The van der Waals surface area contributed by atoms with Crippen LogP contribution < -0.4 is 0 Å². The monoisotopic (exact) mass is 598 g/mol. The van der Waals surface area contributed by atoms with Gasteiger partial charge in [0.2, 0.25) is 0 Å². The van der Waals surface area contributed by atoms with Crippen molar-refractivity contribution < 1.29 is 31.1 Å². The minimum Gasteiger partial charge on any atom is -0.663 e. The van der Waals surface area contributed by atoms with Crippen molar-refractivity contribution in [1.29, 1.82) is 0 Å². The zero-order chi connectivity index (χ0) is 20.6. The molecule has 26 heavy (non-hydrogen) atoms. The first kappa shape index (κ1) is 41.3. The molecule has 0 amide bonds. The molecule has 0 heterocycles. The summed E-state index contributed by atoms with van der Waals surface area (Å²) in [7, 11) is 0. The number of hydrogen-bond donors (Lipinski definition) is 0. The fraction of sp³-hybridized carbons (Fsp3) is 1.00. The molecule has 0 aromatic heterocycles. The summed E-state index contributed by atoms with van der Waals surface area (Å²) in [5.41, 5.74) is 0. The number of hydrogen-bond acceptors (Lipinski definition) is 0.